The molecule has 0 spiro atoms. The molecule has 108 valence electrons. The Labute approximate surface area is 122 Å². The highest BCUT2D eigenvalue weighted by atomic mass is 16.6. The summed E-state index contributed by atoms with van der Waals surface area (Å²) in [5, 5.41) is 10.9. The van der Waals surface area contributed by atoms with Crippen molar-refractivity contribution in [3.05, 3.63) is 62.7 Å². The Bertz CT molecular complexity index is 722. The first-order chi connectivity index (χ1) is 9.92. The van der Waals surface area contributed by atoms with Crippen LogP contribution in [0.2, 0.25) is 0 Å². The van der Waals surface area contributed by atoms with E-state index < -0.39 is 4.92 Å². The Morgan fingerprint density at radius 3 is 2.38 bits per heavy atom. The molecule has 0 atom stereocenters. The van der Waals surface area contributed by atoms with Gasteiger partial charge < -0.3 is 4.74 Å². The van der Waals surface area contributed by atoms with Gasteiger partial charge >= 0.3 is 0 Å². The van der Waals surface area contributed by atoms with Crippen molar-refractivity contribution in [3.8, 4) is 11.5 Å². The molecule has 5 nitrogen and oxygen atoms in total. The molecule has 0 unspecified atom stereocenters. The average Bonchev–Trinajstić information content (AvgIpc) is 2.43. The van der Waals surface area contributed by atoms with Gasteiger partial charge in [-0.3, -0.25) is 14.9 Å². The maximum atomic E-state index is 11.1. The molecule has 0 bridgehead atoms. The molecule has 0 saturated carbocycles. The summed E-state index contributed by atoms with van der Waals surface area (Å²) in [5.74, 6) is 0.942. The van der Waals surface area contributed by atoms with E-state index in [2.05, 4.69) is 0 Å². The summed E-state index contributed by atoms with van der Waals surface area (Å²) in [6, 6.07) is 8.38. The molecule has 0 amide bonds. The van der Waals surface area contributed by atoms with Crippen LogP contribution in [-0.4, -0.2) is 11.2 Å². The Hall–Kier alpha value is -2.69. The fourth-order valence-electron chi connectivity index (χ4n) is 2.05. The van der Waals surface area contributed by atoms with Crippen LogP contribution in [0.5, 0.6) is 11.5 Å². The van der Waals surface area contributed by atoms with E-state index in [1.807, 2.05) is 13.0 Å². The van der Waals surface area contributed by atoms with Crippen molar-refractivity contribution in [2.45, 2.75) is 20.8 Å². The number of carbonyl (C=O) groups is 1. The predicted molar refractivity (Wildman–Crippen MR) is 79.2 cm³/mol. The van der Waals surface area contributed by atoms with Gasteiger partial charge in [-0.15, -0.1) is 0 Å². The zero-order valence-corrected chi connectivity index (χ0v) is 12.0. The number of nitro groups is 1. The van der Waals surface area contributed by atoms with Crippen molar-refractivity contribution in [2.24, 2.45) is 0 Å². The minimum atomic E-state index is -0.422. The maximum absolute atomic E-state index is 11.1. The first-order valence-corrected chi connectivity index (χ1v) is 6.41. The van der Waals surface area contributed by atoms with Crippen molar-refractivity contribution in [1.82, 2.24) is 0 Å². The molecule has 2 rings (SSSR count). The minimum Gasteiger partial charge on any atom is -0.456 e. The second-order valence-corrected chi connectivity index (χ2v) is 4.92. The second kappa shape index (κ2) is 5.75. The molecule has 0 aromatic heterocycles. The van der Waals surface area contributed by atoms with Crippen LogP contribution in [0.15, 0.2) is 30.3 Å². The molecule has 0 radical (unpaired) electrons. The Morgan fingerprint density at radius 2 is 1.76 bits per heavy atom. The lowest BCUT2D eigenvalue weighted by Gasteiger charge is -2.12. The van der Waals surface area contributed by atoms with Crippen LogP contribution in [0.1, 0.15) is 27.0 Å². The third kappa shape index (κ3) is 3.08. The number of nitro benzene ring substituents is 1. The van der Waals surface area contributed by atoms with Gasteiger partial charge in [0.1, 0.15) is 11.5 Å². The van der Waals surface area contributed by atoms with E-state index in [1.165, 1.54) is 6.07 Å². The van der Waals surface area contributed by atoms with Gasteiger partial charge in [0.2, 0.25) is 0 Å². The maximum Gasteiger partial charge on any atom is 0.272 e. The second-order valence-electron chi connectivity index (χ2n) is 4.92. The van der Waals surface area contributed by atoms with E-state index in [4.69, 9.17) is 4.74 Å². The number of hydrogen-bond donors (Lipinski definition) is 0. The standard InChI is InChI=1S/C16H15NO4/c1-10-4-5-15(13(6-10)9-18)21-16-8-11(2)14(17(19)20)7-12(16)3/h4-9H,1-3H3. The average molecular weight is 285 g/mol. The van der Waals surface area contributed by atoms with Crippen LogP contribution in [0, 0.1) is 30.9 Å². The molecule has 2 aromatic rings. The summed E-state index contributed by atoms with van der Waals surface area (Å²) in [6.07, 6.45) is 0.732. The molecule has 21 heavy (non-hydrogen) atoms. The SMILES string of the molecule is Cc1ccc(Oc2cc(C)c([N+](=O)[O-])cc2C)c(C=O)c1. The predicted octanol–water partition coefficient (Wildman–Crippen LogP) is 4.12. The van der Waals surface area contributed by atoms with E-state index in [0.717, 1.165) is 11.8 Å². The van der Waals surface area contributed by atoms with Gasteiger partial charge in [-0.1, -0.05) is 11.6 Å². The van der Waals surface area contributed by atoms with Crippen molar-refractivity contribution in [1.29, 1.82) is 0 Å². The van der Waals surface area contributed by atoms with Crippen molar-refractivity contribution in [3.63, 3.8) is 0 Å². The Morgan fingerprint density at radius 1 is 1.05 bits per heavy atom. The largest absolute Gasteiger partial charge is 0.456 e. The lowest BCUT2D eigenvalue weighted by molar-refractivity contribution is -0.385. The smallest absolute Gasteiger partial charge is 0.272 e. The number of aldehydes is 1. The monoisotopic (exact) mass is 285 g/mol. The molecule has 0 fully saturated rings. The molecule has 5 heteroatoms. The number of benzene rings is 2. The van der Waals surface area contributed by atoms with E-state index in [0.29, 0.717) is 28.2 Å². The molecule has 0 saturated heterocycles. The van der Waals surface area contributed by atoms with Gasteiger partial charge in [-0.2, -0.15) is 0 Å². The van der Waals surface area contributed by atoms with Crippen molar-refractivity contribution in [2.75, 3.05) is 0 Å². The molecular formula is C16H15NO4. The summed E-state index contributed by atoms with van der Waals surface area (Å²) in [7, 11) is 0. The summed E-state index contributed by atoms with van der Waals surface area (Å²) >= 11 is 0. The summed E-state index contributed by atoms with van der Waals surface area (Å²) in [4.78, 5) is 21.6. The highest BCUT2D eigenvalue weighted by molar-refractivity contribution is 5.80. The number of aryl methyl sites for hydroxylation is 3. The molecule has 0 aliphatic carbocycles. The number of ether oxygens (including phenoxy) is 1. The molecule has 0 heterocycles. The topological polar surface area (TPSA) is 69.4 Å². The third-order valence-electron chi connectivity index (χ3n) is 3.20. The summed E-state index contributed by atoms with van der Waals surface area (Å²) in [6.45, 7) is 5.27. The lowest BCUT2D eigenvalue weighted by Crippen LogP contribution is -1.97. The summed E-state index contributed by atoms with van der Waals surface area (Å²) < 4.78 is 5.75. The highest BCUT2D eigenvalue weighted by Crippen LogP contribution is 2.32. The van der Waals surface area contributed by atoms with Crippen LogP contribution >= 0.6 is 0 Å². The molecule has 2 aromatic carbocycles. The number of carbonyl (C=O) groups excluding carboxylic acids is 1. The zero-order valence-electron chi connectivity index (χ0n) is 12.0. The first kappa shape index (κ1) is 14.7. The highest BCUT2D eigenvalue weighted by Gasteiger charge is 2.15. The number of rotatable bonds is 4. The molecular weight excluding hydrogens is 270 g/mol. The Kier molecular flexibility index (Phi) is 4.03. The molecule has 0 aliphatic rings. The van der Waals surface area contributed by atoms with Crippen LogP contribution in [0.25, 0.3) is 0 Å². The van der Waals surface area contributed by atoms with E-state index >= 15 is 0 Å². The van der Waals surface area contributed by atoms with Crippen LogP contribution in [0.3, 0.4) is 0 Å². The van der Waals surface area contributed by atoms with Gasteiger partial charge in [0, 0.05) is 11.6 Å². The fraction of sp³-hybridized carbons (Fsp3) is 0.188. The van der Waals surface area contributed by atoms with Gasteiger partial charge in [-0.25, -0.2) is 0 Å². The number of nitrogens with zero attached hydrogens (tertiary/aromatic N) is 1. The van der Waals surface area contributed by atoms with Gasteiger partial charge in [0.15, 0.2) is 6.29 Å². The number of hydrogen-bond acceptors (Lipinski definition) is 4. The normalized spacial score (nSPS) is 10.2. The zero-order chi connectivity index (χ0) is 15.6. The molecule has 0 aliphatic heterocycles. The fourth-order valence-corrected chi connectivity index (χ4v) is 2.05. The van der Waals surface area contributed by atoms with Crippen LogP contribution < -0.4 is 4.74 Å². The first-order valence-electron chi connectivity index (χ1n) is 6.41. The van der Waals surface area contributed by atoms with Gasteiger partial charge in [0.05, 0.1) is 10.5 Å². The Balaban J connectivity index is 2.43. The van der Waals surface area contributed by atoms with Gasteiger partial charge in [0.25, 0.3) is 5.69 Å². The van der Waals surface area contributed by atoms with Gasteiger partial charge in [-0.05, 0) is 44.5 Å². The third-order valence-corrected chi connectivity index (χ3v) is 3.20. The minimum absolute atomic E-state index is 0.0550. The quantitative estimate of drug-likeness (QED) is 0.481. The van der Waals surface area contributed by atoms with Crippen molar-refractivity contribution < 1.29 is 14.5 Å². The lowest BCUT2D eigenvalue weighted by atomic mass is 10.1. The van der Waals surface area contributed by atoms with Crippen molar-refractivity contribution >= 4 is 12.0 Å². The van der Waals surface area contributed by atoms with E-state index in [1.54, 1.807) is 32.0 Å². The van der Waals surface area contributed by atoms with Crippen LogP contribution in [0.4, 0.5) is 5.69 Å². The summed E-state index contributed by atoms with van der Waals surface area (Å²) in [5.41, 5.74) is 2.62. The van der Waals surface area contributed by atoms with Crippen LogP contribution in [-0.2, 0) is 0 Å². The van der Waals surface area contributed by atoms with E-state index in [-0.39, 0.29) is 5.69 Å². The van der Waals surface area contributed by atoms with E-state index in [9.17, 15) is 14.9 Å². The molecule has 0 N–H and O–H groups in total.